The normalized spacial score (nSPS) is 13.0. The van der Waals surface area contributed by atoms with E-state index in [0.29, 0.717) is 30.8 Å². The fraction of sp³-hybridized carbons (Fsp3) is 0.533. The van der Waals surface area contributed by atoms with E-state index in [2.05, 4.69) is 0 Å². The van der Waals surface area contributed by atoms with E-state index in [1.807, 2.05) is 24.8 Å². The number of aliphatic hydroxyl groups is 1. The predicted molar refractivity (Wildman–Crippen MR) is 149 cm³/mol. The number of carbonyl (C=O) groups excluding carboxylic acids is 2. The van der Waals surface area contributed by atoms with E-state index in [1.165, 1.54) is 24.1 Å². The van der Waals surface area contributed by atoms with Gasteiger partial charge in [-0.15, -0.1) is 0 Å². The minimum Gasteiger partial charge on any atom is -0.497 e. The molecule has 0 bridgehead atoms. The molecule has 7 nitrogen and oxygen atoms in total. The Morgan fingerprint density at radius 2 is 1.55 bits per heavy atom. The molecule has 3 N–H and O–H groups in total. The van der Waals surface area contributed by atoms with E-state index in [0.717, 1.165) is 30.5 Å². The number of ether oxygens (including phenoxy) is 1. The van der Waals surface area contributed by atoms with Crippen LogP contribution in [0.4, 0.5) is 13.2 Å². The zero-order valence-electron chi connectivity index (χ0n) is 23.6. The van der Waals surface area contributed by atoms with Crippen molar-refractivity contribution in [3.8, 4) is 5.75 Å². The highest BCUT2D eigenvalue weighted by atomic mass is 19.4. The molecular weight excluding hydrogens is 523 g/mol. The fourth-order valence-corrected chi connectivity index (χ4v) is 4.50. The van der Waals surface area contributed by atoms with Crippen LogP contribution in [0.2, 0.25) is 0 Å². The first-order chi connectivity index (χ1) is 19.0. The number of hydrogen-bond acceptors (Lipinski definition) is 5. The second-order valence-electron chi connectivity index (χ2n) is 9.99. The van der Waals surface area contributed by atoms with Gasteiger partial charge in [-0.05, 0) is 55.0 Å². The van der Waals surface area contributed by atoms with E-state index in [9.17, 15) is 27.9 Å². The molecule has 40 heavy (non-hydrogen) atoms. The summed E-state index contributed by atoms with van der Waals surface area (Å²) in [6.07, 6.45) is -3.23. The zero-order chi connectivity index (χ0) is 29.7. The van der Waals surface area contributed by atoms with Crippen LogP contribution < -0.4 is 10.5 Å². The molecule has 0 spiro atoms. The van der Waals surface area contributed by atoms with Crippen LogP contribution in [-0.4, -0.2) is 65.6 Å². The van der Waals surface area contributed by atoms with Gasteiger partial charge in [0.25, 0.3) is 0 Å². The molecule has 10 heteroatoms. The molecule has 2 aromatic rings. The third-order valence-corrected chi connectivity index (χ3v) is 6.61. The number of methoxy groups -OCH3 is 1. The lowest BCUT2D eigenvalue weighted by atomic mass is 9.99. The van der Waals surface area contributed by atoms with Crippen LogP contribution in [0, 0.1) is 0 Å². The summed E-state index contributed by atoms with van der Waals surface area (Å²) >= 11 is 0. The molecule has 0 saturated carbocycles. The summed E-state index contributed by atoms with van der Waals surface area (Å²) in [5.41, 5.74) is 6.52. The second kappa shape index (κ2) is 16.2. The molecule has 2 amide bonds. The lowest BCUT2D eigenvalue weighted by molar-refractivity contribution is -0.138. The van der Waals surface area contributed by atoms with Gasteiger partial charge in [0.15, 0.2) is 0 Å². The van der Waals surface area contributed by atoms with Gasteiger partial charge in [0.1, 0.15) is 5.75 Å². The molecule has 2 rings (SSSR count). The third-order valence-electron chi connectivity index (χ3n) is 6.61. The molecule has 0 radical (unpaired) electrons. The predicted octanol–water partition coefficient (Wildman–Crippen LogP) is 4.79. The smallest absolute Gasteiger partial charge is 0.416 e. The van der Waals surface area contributed by atoms with Gasteiger partial charge in [0, 0.05) is 45.1 Å². The summed E-state index contributed by atoms with van der Waals surface area (Å²) in [7, 11) is 1.54. The molecule has 0 heterocycles. The van der Waals surface area contributed by atoms with Gasteiger partial charge in [0.2, 0.25) is 11.8 Å². The maximum Gasteiger partial charge on any atom is 0.416 e. The SMILES string of the molecule is CCCN(CCC)C(=O)CCCC(=O)N(Cc1cccc(OC)c1)C[C@@H](O)[C@@H](N)Cc1cccc(C(F)(F)F)c1. The Morgan fingerprint density at radius 3 is 2.15 bits per heavy atom. The summed E-state index contributed by atoms with van der Waals surface area (Å²) in [5, 5.41) is 10.9. The minimum atomic E-state index is -4.48. The molecule has 0 unspecified atom stereocenters. The van der Waals surface area contributed by atoms with Crippen LogP contribution in [0.15, 0.2) is 48.5 Å². The number of benzene rings is 2. The van der Waals surface area contributed by atoms with Gasteiger partial charge in [0.05, 0.1) is 18.8 Å². The number of alkyl halides is 3. The Bertz CT molecular complexity index is 1070. The highest BCUT2D eigenvalue weighted by Crippen LogP contribution is 2.29. The van der Waals surface area contributed by atoms with Gasteiger partial charge in [-0.1, -0.05) is 44.2 Å². The van der Waals surface area contributed by atoms with Crippen LogP contribution in [0.5, 0.6) is 5.75 Å². The van der Waals surface area contributed by atoms with Crippen molar-refractivity contribution in [3.05, 3.63) is 65.2 Å². The first-order valence-electron chi connectivity index (χ1n) is 13.8. The van der Waals surface area contributed by atoms with Gasteiger partial charge < -0.3 is 25.4 Å². The van der Waals surface area contributed by atoms with Crippen molar-refractivity contribution in [2.75, 3.05) is 26.7 Å². The summed E-state index contributed by atoms with van der Waals surface area (Å²) in [4.78, 5) is 29.2. The van der Waals surface area contributed by atoms with Crippen LogP contribution in [0.1, 0.15) is 62.6 Å². The third kappa shape index (κ3) is 10.8. The summed E-state index contributed by atoms with van der Waals surface area (Å²) in [5.74, 6) is 0.377. The van der Waals surface area contributed by atoms with E-state index in [4.69, 9.17) is 10.5 Å². The molecule has 0 aliphatic rings. The number of amides is 2. The number of nitrogens with two attached hydrogens (primary N) is 1. The Labute approximate surface area is 235 Å². The molecular formula is C30H42F3N3O4. The molecule has 2 atom stereocenters. The first kappa shape index (κ1) is 33.1. The highest BCUT2D eigenvalue weighted by molar-refractivity contribution is 5.79. The highest BCUT2D eigenvalue weighted by Gasteiger charge is 2.31. The maximum absolute atomic E-state index is 13.3. The van der Waals surface area contributed by atoms with Gasteiger partial charge in [-0.3, -0.25) is 9.59 Å². The zero-order valence-corrected chi connectivity index (χ0v) is 23.6. The number of aliphatic hydroxyl groups excluding tert-OH is 1. The topological polar surface area (TPSA) is 96.1 Å². The van der Waals surface area contributed by atoms with Crippen molar-refractivity contribution in [3.63, 3.8) is 0 Å². The molecule has 0 saturated heterocycles. The Hall–Kier alpha value is -3.11. The summed E-state index contributed by atoms with van der Waals surface area (Å²) < 4.78 is 44.6. The van der Waals surface area contributed by atoms with Crippen molar-refractivity contribution < 1.29 is 32.6 Å². The first-order valence-corrected chi connectivity index (χ1v) is 13.8. The molecule has 222 valence electrons. The van der Waals surface area contributed by atoms with Crippen molar-refractivity contribution in [2.45, 2.75) is 77.2 Å². The average molecular weight is 566 g/mol. The maximum atomic E-state index is 13.3. The van der Waals surface area contributed by atoms with E-state index in [1.54, 1.807) is 18.2 Å². The lowest BCUT2D eigenvalue weighted by Crippen LogP contribution is -2.46. The molecule has 0 fully saturated rings. The van der Waals surface area contributed by atoms with Gasteiger partial charge >= 0.3 is 6.18 Å². The number of carbonyl (C=O) groups is 2. The average Bonchev–Trinajstić information content (AvgIpc) is 2.92. The molecule has 0 aliphatic heterocycles. The number of nitrogens with zero attached hydrogens (tertiary/aromatic N) is 2. The largest absolute Gasteiger partial charge is 0.497 e. The molecule has 2 aromatic carbocycles. The van der Waals surface area contributed by atoms with Gasteiger partial charge in [-0.25, -0.2) is 0 Å². The van der Waals surface area contributed by atoms with Crippen LogP contribution in [-0.2, 0) is 28.7 Å². The van der Waals surface area contributed by atoms with E-state index in [-0.39, 0.29) is 44.2 Å². The van der Waals surface area contributed by atoms with Crippen LogP contribution in [0.25, 0.3) is 0 Å². The van der Waals surface area contributed by atoms with Crippen molar-refractivity contribution >= 4 is 11.8 Å². The lowest BCUT2D eigenvalue weighted by Gasteiger charge is -2.29. The Balaban J connectivity index is 2.10. The summed E-state index contributed by atoms with van der Waals surface area (Å²) in [6, 6.07) is 11.1. The van der Waals surface area contributed by atoms with Gasteiger partial charge in [-0.2, -0.15) is 13.2 Å². The molecule has 0 aliphatic carbocycles. The minimum absolute atomic E-state index is 0.00543. The quantitative estimate of drug-likeness (QED) is 0.305. The van der Waals surface area contributed by atoms with Crippen molar-refractivity contribution in [1.29, 1.82) is 0 Å². The fourth-order valence-electron chi connectivity index (χ4n) is 4.50. The van der Waals surface area contributed by atoms with Crippen LogP contribution >= 0.6 is 0 Å². The number of halogens is 3. The monoisotopic (exact) mass is 565 g/mol. The van der Waals surface area contributed by atoms with Crippen LogP contribution in [0.3, 0.4) is 0 Å². The molecule has 0 aromatic heterocycles. The van der Waals surface area contributed by atoms with Crippen molar-refractivity contribution in [1.82, 2.24) is 9.80 Å². The number of rotatable bonds is 16. The standard InChI is InChI=1S/C30H42F3N3O4/c1-4-15-35(16-5-2)28(38)13-8-14-29(39)36(20-23-10-7-12-25(18-23)40-3)21-27(37)26(34)19-22-9-6-11-24(17-22)30(31,32)33/h6-7,9-12,17-18,26-27,37H,4-5,8,13-16,19-21,34H2,1-3H3/t26-,27+/m0/s1. The number of hydrogen-bond donors (Lipinski definition) is 2. The summed E-state index contributed by atoms with van der Waals surface area (Å²) in [6.45, 7) is 5.45. The van der Waals surface area contributed by atoms with E-state index < -0.39 is 23.9 Å². The Kier molecular flexibility index (Phi) is 13.4. The van der Waals surface area contributed by atoms with E-state index >= 15 is 0 Å². The Morgan fingerprint density at radius 1 is 0.950 bits per heavy atom. The second-order valence-corrected chi connectivity index (χ2v) is 9.99. The van der Waals surface area contributed by atoms with Crippen molar-refractivity contribution in [2.24, 2.45) is 5.73 Å².